The van der Waals surface area contributed by atoms with Crippen molar-refractivity contribution in [2.45, 2.75) is 17.7 Å². The molecular formula is C16H21NO6S. The van der Waals surface area contributed by atoms with Gasteiger partial charge in [0.2, 0.25) is 5.91 Å². The highest BCUT2D eigenvalue weighted by Crippen LogP contribution is 2.39. The van der Waals surface area contributed by atoms with Gasteiger partial charge in [0, 0.05) is 19.8 Å². The third-order valence-corrected chi connectivity index (χ3v) is 5.05. The van der Waals surface area contributed by atoms with Crippen LogP contribution in [-0.2, 0) is 19.4 Å². The lowest BCUT2D eigenvalue weighted by Gasteiger charge is -2.17. The van der Waals surface area contributed by atoms with Crippen molar-refractivity contribution in [3.05, 3.63) is 24.3 Å². The van der Waals surface area contributed by atoms with Crippen LogP contribution >= 0.6 is 0 Å². The second kappa shape index (κ2) is 7.21. The summed E-state index contributed by atoms with van der Waals surface area (Å²) in [6.45, 7) is 0.783. The number of carboxylic acids is 1. The number of sulfone groups is 1. The molecule has 1 amide bonds. The molecule has 0 heterocycles. The molecule has 132 valence electrons. The molecule has 1 aromatic rings. The highest BCUT2D eigenvalue weighted by Gasteiger charge is 2.49. The lowest BCUT2D eigenvalue weighted by atomic mass is 10.2. The fourth-order valence-electron chi connectivity index (χ4n) is 2.42. The molecule has 1 aliphatic rings. The highest BCUT2D eigenvalue weighted by molar-refractivity contribution is 7.90. The molecule has 1 aromatic carbocycles. The van der Waals surface area contributed by atoms with E-state index < -0.39 is 27.6 Å². The Morgan fingerprint density at radius 1 is 1.33 bits per heavy atom. The van der Waals surface area contributed by atoms with Crippen molar-refractivity contribution in [3.8, 4) is 5.75 Å². The highest BCUT2D eigenvalue weighted by atomic mass is 32.2. The van der Waals surface area contributed by atoms with Gasteiger partial charge in [0.25, 0.3) is 0 Å². The van der Waals surface area contributed by atoms with Crippen LogP contribution in [0.1, 0.15) is 12.8 Å². The van der Waals surface area contributed by atoms with Gasteiger partial charge in [-0.2, -0.15) is 0 Å². The molecule has 1 saturated carbocycles. The van der Waals surface area contributed by atoms with Gasteiger partial charge in [0.1, 0.15) is 5.75 Å². The summed E-state index contributed by atoms with van der Waals surface area (Å²) in [5.74, 6) is -1.56. The standard InChI is InChI=1S/C16H21NO6S/c1-17(15(18)13-10-14(13)16(19)20)7-4-8-23-11-5-3-6-12(9-11)24(2,21)22/h3,5-6,9,13-14H,4,7-8,10H2,1-2H3,(H,19,20)/t13-,14+/m0/s1. The molecule has 0 saturated heterocycles. The molecule has 0 bridgehead atoms. The van der Waals surface area contributed by atoms with Crippen LogP contribution in [0.5, 0.6) is 5.75 Å². The predicted octanol–water partition coefficient (Wildman–Crippen LogP) is 1.04. The van der Waals surface area contributed by atoms with Gasteiger partial charge in [0.05, 0.1) is 23.3 Å². The van der Waals surface area contributed by atoms with E-state index in [0.717, 1.165) is 6.26 Å². The minimum Gasteiger partial charge on any atom is -0.493 e. The first-order valence-corrected chi connectivity index (χ1v) is 9.50. The number of hydrogen-bond donors (Lipinski definition) is 1. The van der Waals surface area contributed by atoms with Crippen molar-refractivity contribution in [3.63, 3.8) is 0 Å². The number of carbonyl (C=O) groups is 2. The normalized spacial score (nSPS) is 19.6. The first-order chi connectivity index (χ1) is 11.2. The maximum Gasteiger partial charge on any atom is 0.307 e. The minimum absolute atomic E-state index is 0.151. The average molecular weight is 355 g/mol. The Kier molecular flexibility index (Phi) is 5.48. The topological polar surface area (TPSA) is 101 Å². The molecule has 7 nitrogen and oxygen atoms in total. The SMILES string of the molecule is CN(CCCOc1cccc(S(C)(=O)=O)c1)C(=O)[C@H]1C[C@H]1C(=O)O. The van der Waals surface area contributed by atoms with Crippen LogP contribution in [0.3, 0.4) is 0 Å². The molecule has 8 heteroatoms. The second-order valence-corrected chi connectivity index (χ2v) is 8.01. The summed E-state index contributed by atoms with van der Waals surface area (Å²) in [4.78, 5) is 24.5. The van der Waals surface area contributed by atoms with Crippen molar-refractivity contribution in [2.75, 3.05) is 26.5 Å². The minimum atomic E-state index is -3.28. The van der Waals surface area contributed by atoms with Crippen molar-refractivity contribution in [1.82, 2.24) is 4.90 Å². The van der Waals surface area contributed by atoms with E-state index in [9.17, 15) is 18.0 Å². The zero-order valence-electron chi connectivity index (χ0n) is 13.6. The monoisotopic (exact) mass is 355 g/mol. The van der Waals surface area contributed by atoms with Gasteiger partial charge in [-0.3, -0.25) is 9.59 Å². The Labute approximate surface area is 141 Å². The van der Waals surface area contributed by atoms with Crippen molar-refractivity contribution in [2.24, 2.45) is 11.8 Å². The van der Waals surface area contributed by atoms with E-state index in [4.69, 9.17) is 9.84 Å². The molecule has 0 aliphatic heterocycles. The van der Waals surface area contributed by atoms with Gasteiger partial charge in [-0.1, -0.05) is 6.07 Å². The number of ether oxygens (including phenoxy) is 1. The zero-order chi connectivity index (χ0) is 17.9. The molecule has 2 atom stereocenters. The number of hydrogen-bond acceptors (Lipinski definition) is 5. The van der Waals surface area contributed by atoms with Crippen LogP contribution in [0.15, 0.2) is 29.2 Å². The maximum atomic E-state index is 12.0. The van der Waals surface area contributed by atoms with Crippen LogP contribution < -0.4 is 4.74 Å². The van der Waals surface area contributed by atoms with Gasteiger partial charge >= 0.3 is 5.97 Å². The molecular weight excluding hydrogens is 334 g/mol. The second-order valence-electron chi connectivity index (χ2n) is 6.00. The van der Waals surface area contributed by atoms with Crippen molar-refractivity contribution < 1.29 is 27.9 Å². The lowest BCUT2D eigenvalue weighted by Crippen LogP contribution is -2.31. The maximum absolute atomic E-state index is 12.0. The smallest absolute Gasteiger partial charge is 0.307 e. The molecule has 0 aromatic heterocycles. The van der Waals surface area contributed by atoms with Crippen molar-refractivity contribution in [1.29, 1.82) is 0 Å². The fraction of sp³-hybridized carbons (Fsp3) is 0.500. The quantitative estimate of drug-likeness (QED) is 0.699. The van der Waals surface area contributed by atoms with E-state index in [1.807, 2.05) is 0 Å². The van der Waals surface area contributed by atoms with E-state index in [-0.39, 0.29) is 10.8 Å². The first-order valence-electron chi connectivity index (χ1n) is 7.61. The Bertz CT molecular complexity index is 730. The summed E-state index contributed by atoms with van der Waals surface area (Å²) in [6, 6.07) is 6.25. The van der Waals surface area contributed by atoms with Gasteiger partial charge in [0.15, 0.2) is 9.84 Å². The summed E-state index contributed by atoms with van der Waals surface area (Å²) >= 11 is 0. The van der Waals surface area contributed by atoms with Gasteiger partial charge in [-0.15, -0.1) is 0 Å². The lowest BCUT2D eigenvalue weighted by molar-refractivity contribution is -0.141. The van der Waals surface area contributed by atoms with Gasteiger partial charge < -0.3 is 14.7 Å². The average Bonchev–Trinajstić information content (AvgIpc) is 3.31. The molecule has 1 N–H and O–H groups in total. The fourth-order valence-corrected chi connectivity index (χ4v) is 3.08. The Morgan fingerprint density at radius 2 is 2.04 bits per heavy atom. The number of amides is 1. The van der Waals surface area contributed by atoms with Crippen LogP contribution in [0.2, 0.25) is 0 Å². The summed E-state index contributed by atoms with van der Waals surface area (Å²) in [6.07, 6.45) is 2.11. The predicted molar refractivity (Wildman–Crippen MR) is 86.5 cm³/mol. The summed E-state index contributed by atoms with van der Waals surface area (Å²) in [7, 11) is -1.63. The summed E-state index contributed by atoms with van der Waals surface area (Å²) in [5.41, 5.74) is 0. The summed E-state index contributed by atoms with van der Waals surface area (Å²) < 4.78 is 28.5. The molecule has 24 heavy (non-hydrogen) atoms. The van der Waals surface area contributed by atoms with Crippen LogP contribution in [0.4, 0.5) is 0 Å². The van der Waals surface area contributed by atoms with E-state index in [0.29, 0.717) is 31.7 Å². The molecule has 1 aliphatic carbocycles. The Hall–Kier alpha value is -2.09. The number of carbonyl (C=O) groups excluding carboxylic acids is 1. The largest absolute Gasteiger partial charge is 0.493 e. The van der Waals surface area contributed by atoms with Gasteiger partial charge in [-0.25, -0.2) is 8.42 Å². The van der Waals surface area contributed by atoms with Crippen LogP contribution in [0, 0.1) is 11.8 Å². The van der Waals surface area contributed by atoms with Crippen LogP contribution in [-0.4, -0.2) is 56.8 Å². The van der Waals surface area contributed by atoms with Crippen LogP contribution in [0.25, 0.3) is 0 Å². The molecule has 0 spiro atoms. The third kappa shape index (κ3) is 4.70. The van der Waals surface area contributed by atoms with E-state index >= 15 is 0 Å². The van der Waals surface area contributed by atoms with Gasteiger partial charge in [-0.05, 0) is 31.0 Å². The first kappa shape index (κ1) is 18.3. The number of carboxylic acid groups (broad SMARTS) is 1. The summed E-state index contributed by atoms with van der Waals surface area (Å²) in [5, 5.41) is 8.84. The van der Waals surface area contributed by atoms with E-state index in [1.165, 1.54) is 17.0 Å². The number of rotatable bonds is 8. The Morgan fingerprint density at radius 3 is 2.62 bits per heavy atom. The Balaban J connectivity index is 1.75. The molecule has 1 fully saturated rings. The number of nitrogens with zero attached hydrogens (tertiary/aromatic N) is 1. The third-order valence-electron chi connectivity index (χ3n) is 3.94. The molecule has 0 unspecified atom stereocenters. The molecule has 0 radical (unpaired) electrons. The zero-order valence-corrected chi connectivity index (χ0v) is 14.5. The van der Waals surface area contributed by atoms with Crippen molar-refractivity contribution >= 4 is 21.7 Å². The van der Waals surface area contributed by atoms with E-state index in [2.05, 4.69) is 0 Å². The van der Waals surface area contributed by atoms with E-state index in [1.54, 1.807) is 19.2 Å². The number of benzene rings is 1. The number of aliphatic carboxylic acids is 1. The molecule has 2 rings (SSSR count).